The van der Waals surface area contributed by atoms with Gasteiger partial charge >= 0.3 is 0 Å². The van der Waals surface area contributed by atoms with Crippen molar-refractivity contribution in [3.63, 3.8) is 0 Å². The predicted octanol–water partition coefficient (Wildman–Crippen LogP) is 4.11. The van der Waals surface area contributed by atoms with Crippen LogP contribution in [0.3, 0.4) is 0 Å². The van der Waals surface area contributed by atoms with Crippen LogP contribution in [0.5, 0.6) is 5.75 Å². The van der Waals surface area contributed by atoms with Gasteiger partial charge in [0, 0.05) is 5.56 Å². The van der Waals surface area contributed by atoms with Crippen molar-refractivity contribution in [2.75, 3.05) is 7.11 Å². The fraction of sp³-hybridized carbons (Fsp3) is 0.647. The van der Waals surface area contributed by atoms with Crippen LogP contribution in [-0.4, -0.2) is 12.2 Å². The summed E-state index contributed by atoms with van der Waals surface area (Å²) in [4.78, 5) is 0. The van der Waals surface area contributed by atoms with Gasteiger partial charge in [-0.05, 0) is 56.1 Å². The number of ether oxygens (including phenoxy) is 1. The predicted molar refractivity (Wildman–Crippen MR) is 78.4 cm³/mol. The van der Waals surface area contributed by atoms with E-state index >= 15 is 0 Å². The van der Waals surface area contributed by atoms with Crippen LogP contribution in [0.15, 0.2) is 18.2 Å². The second kappa shape index (κ2) is 5.96. The summed E-state index contributed by atoms with van der Waals surface area (Å²) in [6, 6.07) is 6.05. The van der Waals surface area contributed by atoms with Crippen LogP contribution in [0.2, 0.25) is 0 Å². The third-order valence-corrected chi connectivity index (χ3v) is 4.37. The van der Waals surface area contributed by atoms with Crippen LogP contribution < -0.4 is 4.74 Å². The van der Waals surface area contributed by atoms with Crippen LogP contribution >= 0.6 is 0 Å². The average Bonchev–Trinajstić information content (AvgIpc) is 2.36. The monoisotopic (exact) mass is 262 g/mol. The molecule has 1 aliphatic carbocycles. The summed E-state index contributed by atoms with van der Waals surface area (Å²) < 4.78 is 5.41. The molecule has 0 saturated heterocycles. The topological polar surface area (TPSA) is 29.5 Å². The molecule has 0 heterocycles. The maximum Gasteiger partial charge on any atom is 0.124 e. The van der Waals surface area contributed by atoms with Gasteiger partial charge in [0.2, 0.25) is 0 Å². The summed E-state index contributed by atoms with van der Waals surface area (Å²) in [7, 11) is 1.67. The Morgan fingerprint density at radius 1 is 1.16 bits per heavy atom. The first-order chi connectivity index (χ1) is 9.01. The highest BCUT2D eigenvalue weighted by atomic mass is 16.5. The molecule has 0 spiro atoms. The fourth-order valence-corrected chi connectivity index (χ4v) is 3.61. The van der Waals surface area contributed by atoms with Gasteiger partial charge in [0.1, 0.15) is 5.75 Å². The van der Waals surface area contributed by atoms with Crippen molar-refractivity contribution in [2.24, 2.45) is 17.8 Å². The maximum atomic E-state index is 10.7. The highest BCUT2D eigenvalue weighted by molar-refractivity contribution is 5.38. The number of hydrogen-bond donors (Lipinski definition) is 1. The summed E-state index contributed by atoms with van der Waals surface area (Å²) in [5.41, 5.74) is 2.13. The molecule has 3 unspecified atom stereocenters. The van der Waals surface area contributed by atoms with E-state index in [1.165, 1.54) is 12.0 Å². The Morgan fingerprint density at radius 2 is 1.79 bits per heavy atom. The first-order valence-electron chi connectivity index (χ1n) is 7.33. The maximum absolute atomic E-state index is 10.7. The van der Waals surface area contributed by atoms with Crippen LogP contribution in [0.25, 0.3) is 0 Å². The minimum absolute atomic E-state index is 0.356. The van der Waals surface area contributed by atoms with E-state index < -0.39 is 6.10 Å². The zero-order valence-corrected chi connectivity index (χ0v) is 12.5. The number of aliphatic hydroxyl groups is 1. The van der Waals surface area contributed by atoms with Crippen molar-refractivity contribution in [1.29, 1.82) is 0 Å². The van der Waals surface area contributed by atoms with Gasteiger partial charge in [0.15, 0.2) is 0 Å². The summed E-state index contributed by atoms with van der Waals surface area (Å²) in [5.74, 6) is 2.58. The molecule has 2 rings (SSSR count). The van der Waals surface area contributed by atoms with Gasteiger partial charge in [0.05, 0.1) is 13.2 Å². The number of aliphatic hydroxyl groups excluding tert-OH is 1. The second-order valence-electron chi connectivity index (χ2n) is 6.37. The second-order valence-corrected chi connectivity index (χ2v) is 6.37. The first kappa shape index (κ1) is 14.4. The Hall–Kier alpha value is -1.02. The molecule has 1 aromatic rings. The van der Waals surface area contributed by atoms with Crippen LogP contribution in [0, 0.1) is 24.7 Å². The van der Waals surface area contributed by atoms with E-state index in [1.54, 1.807) is 7.11 Å². The van der Waals surface area contributed by atoms with E-state index in [1.807, 2.05) is 12.1 Å². The molecule has 1 saturated carbocycles. The van der Waals surface area contributed by atoms with Gasteiger partial charge in [-0.1, -0.05) is 25.5 Å². The lowest BCUT2D eigenvalue weighted by atomic mass is 9.73. The lowest BCUT2D eigenvalue weighted by molar-refractivity contribution is 0.0534. The molecule has 3 atom stereocenters. The van der Waals surface area contributed by atoms with Crippen LogP contribution in [0.1, 0.15) is 50.3 Å². The Balaban J connectivity index is 2.23. The van der Waals surface area contributed by atoms with E-state index in [4.69, 9.17) is 4.74 Å². The molecule has 0 radical (unpaired) electrons. The molecule has 0 aromatic heterocycles. The van der Waals surface area contributed by atoms with Crippen molar-refractivity contribution in [3.05, 3.63) is 29.3 Å². The fourth-order valence-electron chi connectivity index (χ4n) is 3.61. The molecule has 2 nitrogen and oxygen atoms in total. The van der Waals surface area contributed by atoms with Crippen molar-refractivity contribution in [2.45, 2.75) is 46.1 Å². The highest BCUT2D eigenvalue weighted by Crippen LogP contribution is 2.42. The molecule has 1 aromatic carbocycles. The van der Waals surface area contributed by atoms with E-state index in [0.717, 1.165) is 24.2 Å². The third kappa shape index (κ3) is 3.30. The number of methoxy groups -OCH3 is 1. The van der Waals surface area contributed by atoms with E-state index in [-0.39, 0.29) is 0 Å². The molecule has 19 heavy (non-hydrogen) atoms. The molecule has 1 aliphatic rings. The molecule has 1 fully saturated rings. The van der Waals surface area contributed by atoms with E-state index in [9.17, 15) is 5.11 Å². The van der Waals surface area contributed by atoms with E-state index in [2.05, 4.69) is 26.8 Å². The van der Waals surface area contributed by atoms with Crippen LogP contribution in [-0.2, 0) is 0 Å². The summed E-state index contributed by atoms with van der Waals surface area (Å²) >= 11 is 0. The van der Waals surface area contributed by atoms with Crippen molar-refractivity contribution in [3.8, 4) is 5.75 Å². The summed E-state index contributed by atoms with van der Waals surface area (Å²) in [6.45, 7) is 6.65. The Labute approximate surface area is 116 Å². The van der Waals surface area contributed by atoms with Crippen molar-refractivity contribution < 1.29 is 9.84 Å². The van der Waals surface area contributed by atoms with E-state index in [0.29, 0.717) is 17.8 Å². The summed E-state index contributed by atoms with van der Waals surface area (Å²) in [6.07, 6.45) is 3.11. The Morgan fingerprint density at radius 3 is 2.37 bits per heavy atom. The SMILES string of the molecule is COc1ccc(C)cc1C(O)C1CC(C)CC(C)C1. The minimum atomic E-state index is -0.403. The first-order valence-corrected chi connectivity index (χ1v) is 7.33. The zero-order valence-electron chi connectivity index (χ0n) is 12.5. The number of hydrogen-bond acceptors (Lipinski definition) is 2. The van der Waals surface area contributed by atoms with Crippen molar-refractivity contribution in [1.82, 2.24) is 0 Å². The number of benzene rings is 1. The van der Waals surface area contributed by atoms with Gasteiger partial charge in [-0.3, -0.25) is 0 Å². The average molecular weight is 262 g/mol. The molecule has 1 N–H and O–H groups in total. The third-order valence-electron chi connectivity index (χ3n) is 4.37. The van der Waals surface area contributed by atoms with Crippen LogP contribution in [0.4, 0.5) is 0 Å². The highest BCUT2D eigenvalue weighted by Gasteiger charge is 2.31. The normalized spacial score (nSPS) is 29.0. The molecule has 0 aliphatic heterocycles. The standard InChI is InChI=1S/C17H26O2/c1-11-5-6-16(19-4)15(10-11)17(18)14-8-12(2)7-13(3)9-14/h5-6,10,12-14,17-18H,7-9H2,1-4H3. The molecular formula is C17H26O2. The zero-order chi connectivity index (χ0) is 14.0. The largest absolute Gasteiger partial charge is 0.496 e. The lowest BCUT2D eigenvalue weighted by Crippen LogP contribution is -2.25. The molecule has 106 valence electrons. The van der Waals surface area contributed by atoms with Gasteiger partial charge in [0.25, 0.3) is 0 Å². The molecule has 0 amide bonds. The Kier molecular flexibility index (Phi) is 4.51. The van der Waals surface area contributed by atoms with Gasteiger partial charge in [-0.2, -0.15) is 0 Å². The number of aryl methyl sites for hydroxylation is 1. The molecule has 0 bridgehead atoms. The minimum Gasteiger partial charge on any atom is -0.496 e. The van der Waals surface area contributed by atoms with Crippen molar-refractivity contribution >= 4 is 0 Å². The quantitative estimate of drug-likeness (QED) is 0.888. The Bertz CT molecular complexity index is 417. The van der Waals surface area contributed by atoms with Gasteiger partial charge in [-0.25, -0.2) is 0 Å². The van der Waals surface area contributed by atoms with Gasteiger partial charge in [-0.15, -0.1) is 0 Å². The molecule has 2 heteroatoms. The molecular weight excluding hydrogens is 236 g/mol. The lowest BCUT2D eigenvalue weighted by Gasteiger charge is -2.35. The van der Waals surface area contributed by atoms with Gasteiger partial charge < -0.3 is 9.84 Å². The summed E-state index contributed by atoms with van der Waals surface area (Å²) in [5, 5.41) is 10.7. The number of rotatable bonds is 3. The smallest absolute Gasteiger partial charge is 0.124 e.